The lowest BCUT2D eigenvalue weighted by Crippen LogP contribution is -2.52. The van der Waals surface area contributed by atoms with Gasteiger partial charge in [0.1, 0.15) is 11.2 Å². The van der Waals surface area contributed by atoms with Crippen molar-refractivity contribution in [3.63, 3.8) is 0 Å². The third-order valence-corrected chi connectivity index (χ3v) is 8.97. The molecule has 1 aliphatic heterocycles. The van der Waals surface area contributed by atoms with E-state index in [2.05, 4.69) is 13.0 Å². The van der Waals surface area contributed by atoms with Crippen LogP contribution in [-0.4, -0.2) is 37.9 Å². The van der Waals surface area contributed by atoms with Crippen molar-refractivity contribution in [2.45, 2.75) is 71.0 Å². The van der Waals surface area contributed by atoms with Crippen LogP contribution < -0.4 is 0 Å². The topological polar surface area (TPSA) is 61.8 Å². The van der Waals surface area contributed by atoms with Gasteiger partial charge < -0.3 is 14.2 Å². The summed E-state index contributed by atoms with van der Waals surface area (Å²) < 4.78 is 17.1. The zero-order chi connectivity index (χ0) is 20.4. The lowest BCUT2D eigenvalue weighted by Gasteiger charge is -2.51. The monoisotopic (exact) mass is 400 g/mol. The number of hydrogen-bond donors (Lipinski definition) is 0. The van der Waals surface area contributed by atoms with Crippen LogP contribution in [0.25, 0.3) is 0 Å². The molecule has 158 valence electrons. The molecule has 1 saturated heterocycles. The number of rotatable bonds is 2. The summed E-state index contributed by atoms with van der Waals surface area (Å²) in [5, 5.41) is 0. The first-order chi connectivity index (χ1) is 13.9. The molecule has 0 aromatic heterocycles. The van der Waals surface area contributed by atoms with Crippen LogP contribution in [0.15, 0.2) is 22.8 Å². The predicted molar refractivity (Wildman–Crippen MR) is 107 cm³/mol. The van der Waals surface area contributed by atoms with E-state index in [1.165, 1.54) is 23.8 Å². The summed E-state index contributed by atoms with van der Waals surface area (Å²) in [6.07, 6.45) is 9.67. The molecule has 29 heavy (non-hydrogen) atoms. The maximum absolute atomic E-state index is 12.9. The van der Waals surface area contributed by atoms with E-state index in [1.807, 2.05) is 0 Å². The second-order valence-electron chi connectivity index (χ2n) is 9.89. The number of ether oxygens (including phenoxy) is 3. The quantitative estimate of drug-likeness (QED) is 0.516. The van der Waals surface area contributed by atoms with Gasteiger partial charge in [-0.3, -0.25) is 9.59 Å². The molecule has 4 atom stereocenters. The molecule has 1 heterocycles. The predicted octanol–water partition coefficient (Wildman–Crippen LogP) is 4.11. The first-order valence-electron chi connectivity index (χ1n) is 11.2. The maximum atomic E-state index is 12.9. The van der Waals surface area contributed by atoms with Crippen molar-refractivity contribution in [1.82, 2.24) is 0 Å². The Morgan fingerprint density at radius 2 is 1.90 bits per heavy atom. The highest BCUT2D eigenvalue weighted by Gasteiger charge is 2.67. The molecule has 0 bridgehead atoms. The second kappa shape index (κ2) is 6.52. The highest BCUT2D eigenvalue weighted by atomic mass is 16.7. The summed E-state index contributed by atoms with van der Waals surface area (Å²) in [6.45, 7) is 5.15. The molecule has 5 heteroatoms. The minimum Gasteiger partial charge on any atom is -0.468 e. The van der Waals surface area contributed by atoms with Gasteiger partial charge in [0.2, 0.25) is 0 Å². The zero-order valence-electron chi connectivity index (χ0n) is 17.8. The van der Waals surface area contributed by atoms with Gasteiger partial charge in [-0.05, 0) is 73.8 Å². The van der Waals surface area contributed by atoms with Gasteiger partial charge in [0.05, 0.1) is 20.3 Å². The summed E-state index contributed by atoms with van der Waals surface area (Å²) in [7, 11) is 1.41. The first-order valence-corrected chi connectivity index (χ1v) is 11.2. The highest BCUT2D eigenvalue weighted by molar-refractivity contribution is 6.04. The Labute approximate surface area is 172 Å². The number of esters is 1. The maximum Gasteiger partial charge on any atom is 0.319 e. The lowest BCUT2D eigenvalue weighted by atomic mass is 9.52. The van der Waals surface area contributed by atoms with Gasteiger partial charge in [0.25, 0.3) is 0 Å². The van der Waals surface area contributed by atoms with E-state index >= 15 is 0 Å². The van der Waals surface area contributed by atoms with Crippen molar-refractivity contribution in [1.29, 1.82) is 0 Å². The molecule has 1 saturated carbocycles. The summed E-state index contributed by atoms with van der Waals surface area (Å²) in [5.41, 5.74) is 3.17. The Morgan fingerprint density at radius 3 is 2.59 bits per heavy atom. The fraction of sp³-hybridized carbons (Fsp3) is 0.750. The van der Waals surface area contributed by atoms with Crippen LogP contribution in [0.4, 0.5) is 0 Å². The van der Waals surface area contributed by atoms with E-state index in [4.69, 9.17) is 14.2 Å². The van der Waals surface area contributed by atoms with Gasteiger partial charge >= 0.3 is 5.97 Å². The Hall–Kier alpha value is -1.46. The van der Waals surface area contributed by atoms with Crippen molar-refractivity contribution < 1.29 is 23.8 Å². The van der Waals surface area contributed by atoms with Crippen LogP contribution in [0.3, 0.4) is 0 Å². The van der Waals surface area contributed by atoms with Crippen LogP contribution in [0.5, 0.6) is 0 Å². The molecule has 1 spiro atoms. The number of methoxy groups -OCH3 is 1. The van der Waals surface area contributed by atoms with E-state index < -0.39 is 5.41 Å². The fourth-order valence-corrected chi connectivity index (χ4v) is 7.56. The average Bonchev–Trinajstić information content (AvgIpc) is 3.29. The number of carbonyl (C=O) groups is 2. The highest BCUT2D eigenvalue weighted by Crippen LogP contribution is 2.66. The number of fused-ring (bicyclic) bond motifs is 4. The average molecular weight is 401 g/mol. The van der Waals surface area contributed by atoms with E-state index in [-0.39, 0.29) is 23.0 Å². The lowest BCUT2D eigenvalue weighted by molar-refractivity contribution is -0.168. The van der Waals surface area contributed by atoms with Crippen molar-refractivity contribution in [2.24, 2.45) is 22.7 Å². The minimum absolute atomic E-state index is 0.0305. The van der Waals surface area contributed by atoms with E-state index in [0.29, 0.717) is 31.5 Å². The zero-order valence-corrected chi connectivity index (χ0v) is 17.8. The van der Waals surface area contributed by atoms with Crippen LogP contribution >= 0.6 is 0 Å². The number of hydrogen-bond acceptors (Lipinski definition) is 5. The van der Waals surface area contributed by atoms with Gasteiger partial charge in [-0.1, -0.05) is 18.6 Å². The molecule has 0 radical (unpaired) electrons. The van der Waals surface area contributed by atoms with E-state index in [0.717, 1.165) is 44.9 Å². The number of Topliss-reactive ketones (excluding diaryl/α,β-unsaturated/α-hetero) is 1. The van der Waals surface area contributed by atoms with E-state index in [1.54, 1.807) is 6.92 Å². The van der Waals surface area contributed by atoms with Crippen LogP contribution in [0.1, 0.15) is 65.2 Å². The number of carbonyl (C=O) groups excluding carboxylic acids is 2. The largest absolute Gasteiger partial charge is 0.468 e. The molecule has 5 nitrogen and oxygen atoms in total. The molecule has 0 unspecified atom stereocenters. The number of allylic oxidation sites excluding steroid dienone is 3. The molecular formula is C24H32O5. The summed E-state index contributed by atoms with van der Waals surface area (Å²) in [6, 6.07) is 0. The van der Waals surface area contributed by atoms with Gasteiger partial charge in [-0.2, -0.15) is 0 Å². The third kappa shape index (κ3) is 2.46. The van der Waals surface area contributed by atoms with Crippen LogP contribution in [0.2, 0.25) is 0 Å². The van der Waals surface area contributed by atoms with Gasteiger partial charge in [-0.25, -0.2) is 0 Å². The molecule has 0 aromatic rings. The summed E-state index contributed by atoms with van der Waals surface area (Å²) in [5.74, 6) is 0.0549. The molecule has 2 fully saturated rings. The van der Waals surface area contributed by atoms with Crippen LogP contribution in [0, 0.1) is 22.7 Å². The Balaban J connectivity index is 1.51. The number of ketones is 1. The summed E-state index contributed by atoms with van der Waals surface area (Å²) >= 11 is 0. The van der Waals surface area contributed by atoms with Crippen molar-refractivity contribution in [3.05, 3.63) is 22.8 Å². The normalized spacial score (nSPS) is 40.2. The minimum atomic E-state index is -0.995. The molecule has 0 amide bonds. The van der Waals surface area contributed by atoms with Crippen molar-refractivity contribution in [3.8, 4) is 0 Å². The Morgan fingerprint density at radius 1 is 1.14 bits per heavy atom. The SMILES string of the molecule is COC(=O)[C@]1(C(C)=O)CC[C@H]2[C@@H]3CCC4=C(CCC5(C4)OCCO5)C3=CC[C@@]21C. The van der Waals surface area contributed by atoms with E-state index in [9.17, 15) is 9.59 Å². The standard InChI is InChI=1S/C24H32O5/c1-15(25)24(21(26)27-3)11-8-20-19-5-4-16-14-23(28-12-13-29-23)10-7-17(16)18(19)6-9-22(20,24)2/h6,19-20H,4-5,7-14H2,1-3H3/t19-,20+,22+,24-/m1/s1. The molecule has 5 rings (SSSR count). The molecule has 0 aromatic carbocycles. The molecule has 4 aliphatic carbocycles. The van der Waals surface area contributed by atoms with Gasteiger partial charge in [0, 0.05) is 12.8 Å². The first kappa shape index (κ1) is 19.5. The fourth-order valence-electron chi connectivity index (χ4n) is 7.56. The smallest absolute Gasteiger partial charge is 0.319 e. The Bertz CT molecular complexity index is 817. The van der Waals surface area contributed by atoms with Gasteiger partial charge in [0.15, 0.2) is 5.79 Å². The second-order valence-corrected chi connectivity index (χ2v) is 9.89. The molecule has 0 N–H and O–H groups in total. The third-order valence-electron chi connectivity index (χ3n) is 8.97. The Kier molecular flexibility index (Phi) is 4.38. The van der Waals surface area contributed by atoms with Crippen molar-refractivity contribution >= 4 is 11.8 Å². The molecular weight excluding hydrogens is 368 g/mol. The molecule has 5 aliphatic rings. The van der Waals surface area contributed by atoms with Crippen molar-refractivity contribution in [2.75, 3.05) is 20.3 Å². The van der Waals surface area contributed by atoms with Crippen LogP contribution in [-0.2, 0) is 23.8 Å². The van der Waals surface area contributed by atoms with Gasteiger partial charge in [-0.15, -0.1) is 0 Å². The summed E-state index contributed by atoms with van der Waals surface area (Å²) in [4.78, 5) is 25.7.